The van der Waals surface area contributed by atoms with Crippen molar-refractivity contribution in [1.82, 2.24) is 9.44 Å². The van der Waals surface area contributed by atoms with Crippen LogP contribution >= 0.6 is 0 Å². The molecule has 0 amide bonds. The van der Waals surface area contributed by atoms with E-state index in [1.165, 1.54) is 36.4 Å². The number of rotatable bonds is 10. The molecule has 0 aliphatic carbocycles. The maximum absolute atomic E-state index is 13.0. The van der Waals surface area contributed by atoms with Gasteiger partial charge in [0.15, 0.2) is 0 Å². The molecule has 0 fully saturated rings. The minimum Gasteiger partial charge on any atom is -0.291 e. The first-order chi connectivity index (χ1) is 17.5. The summed E-state index contributed by atoms with van der Waals surface area (Å²) < 4.78 is 57.0. The van der Waals surface area contributed by atoms with Crippen molar-refractivity contribution in [2.24, 2.45) is 16.0 Å². The number of nitroso groups, excluding NO2 is 1. The van der Waals surface area contributed by atoms with Gasteiger partial charge in [-0.3, -0.25) is 10.7 Å². The fourth-order valence-electron chi connectivity index (χ4n) is 4.01. The molecule has 0 heterocycles. The molecule has 0 aliphatic heterocycles. The van der Waals surface area contributed by atoms with E-state index in [-0.39, 0.29) is 55.9 Å². The Kier molecular flexibility index (Phi) is 8.54. The van der Waals surface area contributed by atoms with Crippen molar-refractivity contribution >= 4 is 53.0 Å². The molecule has 3 aromatic carbocycles. The van der Waals surface area contributed by atoms with Crippen LogP contribution in [-0.4, -0.2) is 35.1 Å². The van der Waals surface area contributed by atoms with Gasteiger partial charge in [0, 0.05) is 34.6 Å². The largest absolute Gasteiger partial charge is 0.291 e. The van der Waals surface area contributed by atoms with Gasteiger partial charge in [-0.2, -0.15) is 0 Å². The predicted octanol–water partition coefficient (Wildman–Crippen LogP) is 5.62. The van der Waals surface area contributed by atoms with E-state index in [9.17, 15) is 26.9 Å². The van der Waals surface area contributed by atoms with Gasteiger partial charge in [-0.15, -0.1) is 4.91 Å². The molecule has 3 rings (SSSR count). The Hall–Kier alpha value is -2.64. The second kappa shape index (κ2) is 10.9. The molecule has 0 saturated carbocycles. The normalized spacial score (nSPS) is 13.2. The second-order valence-electron chi connectivity index (χ2n) is 11.8. The van der Waals surface area contributed by atoms with E-state index in [1.807, 2.05) is 41.5 Å². The third kappa shape index (κ3) is 6.86. The fourth-order valence-corrected chi connectivity index (χ4v) is 6.12. The summed E-state index contributed by atoms with van der Waals surface area (Å²) in [5.41, 5.74) is 2.03. The van der Waals surface area contributed by atoms with Crippen LogP contribution in [0.25, 0.3) is 21.5 Å². The SMILES string of the molecule is CC(C)(C)CCNS(=O)(=O)c1ccc2c(NO)c3ccc(S(=O)(=O)NCCC(C)(C)C)cc3c(N=O)c2c1. The predicted molar refractivity (Wildman–Crippen MR) is 151 cm³/mol. The molecule has 0 atom stereocenters. The number of sulfonamides is 2. The smallest absolute Gasteiger partial charge is 0.240 e. The average molecular weight is 565 g/mol. The van der Waals surface area contributed by atoms with Crippen LogP contribution in [0, 0.1) is 15.7 Å². The van der Waals surface area contributed by atoms with Crippen LogP contribution in [0.15, 0.2) is 51.4 Å². The van der Waals surface area contributed by atoms with Crippen LogP contribution in [0.3, 0.4) is 0 Å². The number of hydrogen-bond acceptors (Lipinski definition) is 8. The Bertz CT molecular complexity index is 1460. The number of benzene rings is 3. The Labute approximate surface area is 224 Å². The summed E-state index contributed by atoms with van der Waals surface area (Å²) in [6.45, 7) is 12.5. The molecule has 12 heteroatoms. The third-order valence-corrected chi connectivity index (χ3v) is 9.11. The monoisotopic (exact) mass is 564 g/mol. The molecule has 0 spiro atoms. The summed E-state index contributed by atoms with van der Waals surface area (Å²) in [5, 5.41) is 14.1. The molecular weight excluding hydrogens is 528 g/mol. The van der Waals surface area contributed by atoms with Crippen LogP contribution in [-0.2, 0) is 20.0 Å². The Morgan fingerprint density at radius 2 is 1.11 bits per heavy atom. The fraction of sp³-hybridized carbons (Fsp3) is 0.462. The molecule has 0 unspecified atom stereocenters. The number of fused-ring (bicyclic) bond motifs is 2. The van der Waals surface area contributed by atoms with Crippen molar-refractivity contribution in [2.75, 3.05) is 18.6 Å². The van der Waals surface area contributed by atoms with Gasteiger partial charge in [-0.05, 0) is 53.1 Å². The zero-order valence-electron chi connectivity index (χ0n) is 22.5. The second-order valence-corrected chi connectivity index (χ2v) is 15.3. The van der Waals surface area contributed by atoms with E-state index in [0.717, 1.165) is 0 Å². The summed E-state index contributed by atoms with van der Waals surface area (Å²) in [5.74, 6) is 0. The zero-order valence-corrected chi connectivity index (χ0v) is 24.2. The Morgan fingerprint density at radius 1 is 0.711 bits per heavy atom. The zero-order chi connectivity index (χ0) is 28.5. The molecule has 10 nitrogen and oxygen atoms in total. The number of anilines is 1. The van der Waals surface area contributed by atoms with Gasteiger partial charge < -0.3 is 0 Å². The number of nitrogens with zero attached hydrogens (tertiary/aromatic N) is 1. The van der Waals surface area contributed by atoms with Crippen molar-refractivity contribution < 1.29 is 22.0 Å². The van der Waals surface area contributed by atoms with Crippen molar-refractivity contribution in [3.63, 3.8) is 0 Å². The van der Waals surface area contributed by atoms with Gasteiger partial charge in [0.1, 0.15) is 5.69 Å². The molecule has 4 N–H and O–H groups in total. The van der Waals surface area contributed by atoms with Crippen LogP contribution in [0.5, 0.6) is 0 Å². The van der Waals surface area contributed by atoms with Gasteiger partial charge >= 0.3 is 0 Å². The first kappa shape index (κ1) is 29.9. The van der Waals surface area contributed by atoms with Crippen molar-refractivity contribution in [3.8, 4) is 0 Å². The lowest BCUT2D eigenvalue weighted by Gasteiger charge is -2.19. The summed E-state index contributed by atoms with van der Waals surface area (Å²) in [6.07, 6.45) is 1.23. The van der Waals surface area contributed by atoms with E-state index >= 15 is 0 Å². The molecule has 38 heavy (non-hydrogen) atoms. The maximum atomic E-state index is 13.0. The first-order valence-electron chi connectivity index (χ1n) is 12.3. The minimum atomic E-state index is -3.91. The molecule has 0 aromatic heterocycles. The minimum absolute atomic E-state index is 0.0687. The van der Waals surface area contributed by atoms with Gasteiger partial charge in [0.05, 0.1) is 15.5 Å². The number of hydrogen-bond donors (Lipinski definition) is 4. The van der Waals surface area contributed by atoms with E-state index in [4.69, 9.17) is 0 Å². The molecular formula is C26H36N4O6S2. The molecule has 0 bridgehead atoms. The van der Waals surface area contributed by atoms with Crippen LogP contribution in [0.2, 0.25) is 0 Å². The molecule has 3 aromatic rings. The summed E-state index contributed by atoms with van der Waals surface area (Å²) in [7, 11) is -7.82. The van der Waals surface area contributed by atoms with Gasteiger partial charge in [0.25, 0.3) is 0 Å². The topological polar surface area (TPSA) is 154 Å². The maximum Gasteiger partial charge on any atom is 0.240 e. The highest BCUT2D eigenvalue weighted by molar-refractivity contribution is 7.89. The summed E-state index contributed by atoms with van der Waals surface area (Å²) in [4.78, 5) is 11.9. The van der Waals surface area contributed by atoms with Crippen molar-refractivity contribution in [3.05, 3.63) is 41.3 Å². The van der Waals surface area contributed by atoms with E-state index in [1.54, 1.807) is 0 Å². The van der Waals surface area contributed by atoms with Gasteiger partial charge in [0.2, 0.25) is 20.0 Å². The van der Waals surface area contributed by atoms with E-state index in [0.29, 0.717) is 23.6 Å². The lowest BCUT2D eigenvalue weighted by molar-refractivity contribution is 0.377. The van der Waals surface area contributed by atoms with Crippen molar-refractivity contribution in [2.45, 2.75) is 64.2 Å². The lowest BCUT2D eigenvalue weighted by atomic mass is 9.93. The van der Waals surface area contributed by atoms with Crippen LogP contribution < -0.4 is 14.9 Å². The number of nitrogens with one attached hydrogen (secondary N) is 3. The molecule has 0 aliphatic rings. The first-order valence-corrected chi connectivity index (χ1v) is 15.2. The lowest BCUT2D eigenvalue weighted by Crippen LogP contribution is -2.27. The summed E-state index contributed by atoms with van der Waals surface area (Å²) in [6, 6.07) is 8.29. The quantitative estimate of drug-likeness (QED) is 0.141. The highest BCUT2D eigenvalue weighted by Gasteiger charge is 2.23. The standard InChI is InChI=1S/C26H36N4O6S2/c1-25(2,3)11-13-27-37(33,34)17-7-9-19-21(15-17)24(30-32)22-16-18(8-10-20(22)23(19)29-31)38(35,36)28-14-12-26(4,5)6/h7-10,15-16,27-29,31H,11-14H2,1-6H3. The third-order valence-electron chi connectivity index (χ3n) is 6.19. The summed E-state index contributed by atoms with van der Waals surface area (Å²) >= 11 is 0. The van der Waals surface area contributed by atoms with Gasteiger partial charge in [-0.25, -0.2) is 26.3 Å². The highest BCUT2D eigenvalue weighted by atomic mass is 32.2. The van der Waals surface area contributed by atoms with Crippen molar-refractivity contribution in [1.29, 1.82) is 0 Å². The van der Waals surface area contributed by atoms with E-state index in [2.05, 4.69) is 20.1 Å². The Balaban J connectivity index is 2.14. The molecule has 0 radical (unpaired) electrons. The molecule has 0 saturated heterocycles. The average Bonchev–Trinajstić information content (AvgIpc) is 2.79. The van der Waals surface area contributed by atoms with E-state index < -0.39 is 20.0 Å². The highest BCUT2D eigenvalue weighted by Crippen LogP contribution is 2.42. The molecule has 208 valence electrons. The van der Waals surface area contributed by atoms with Crippen LogP contribution in [0.1, 0.15) is 54.4 Å². The van der Waals surface area contributed by atoms with Crippen LogP contribution in [0.4, 0.5) is 11.4 Å². The Morgan fingerprint density at radius 3 is 1.42 bits per heavy atom. The van der Waals surface area contributed by atoms with Gasteiger partial charge in [-0.1, -0.05) is 53.7 Å².